The first-order chi connectivity index (χ1) is 7.95. The molecule has 1 aromatic carbocycles. The lowest BCUT2D eigenvalue weighted by molar-refractivity contribution is -0.0268. The van der Waals surface area contributed by atoms with Crippen molar-refractivity contribution in [3.8, 4) is 0 Å². The van der Waals surface area contributed by atoms with Crippen molar-refractivity contribution in [2.24, 2.45) is 5.41 Å². The monoisotopic (exact) mass is 228 g/mol. The van der Waals surface area contributed by atoms with Gasteiger partial charge in [-0.1, -0.05) is 75.4 Å². The van der Waals surface area contributed by atoms with Gasteiger partial charge in [0.1, 0.15) is 0 Å². The molecule has 1 N–H and O–H groups in total. The first-order valence-corrected chi connectivity index (χ1v) is 6.08. The molecule has 2 atom stereocenters. The van der Waals surface area contributed by atoms with Crippen LogP contribution in [0.1, 0.15) is 32.3 Å². The summed E-state index contributed by atoms with van der Waals surface area (Å²) in [5.41, 5.74) is 0.128. The molecular weight excluding hydrogens is 208 g/mol. The summed E-state index contributed by atoms with van der Waals surface area (Å²) < 4.78 is 0. The van der Waals surface area contributed by atoms with Gasteiger partial charge in [-0.3, -0.25) is 0 Å². The predicted molar refractivity (Wildman–Crippen MR) is 71.9 cm³/mol. The Morgan fingerprint density at radius 3 is 2.29 bits per heavy atom. The van der Waals surface area contributed by atoms with E-state index in [1.54, 1.807) is 0 Å². The summed E-state index contributed by atoms with van der Waals surface area (Å²) in [6.07, 6.45) is 7.95. The minimum atomic E-state index is -0.830. The van der Waals surface area contributed by atoms with Gasteiger partial charge in [-0.15, -0.1) is 0 Å². The summed E-state index contributed by atoms with van der Waals surface area (Å²) in [6.45, 7) is 6.23. The fourth-order valence-corrected chi connectivity index (χ4v) is 2.37. The molecule has 1 nitrogen and oxygen atoms in total. The van der Waals surface area contributed by atoms with Crippen LogP contribution in [0.5, 0.6) is 0 Å². The highest BCUT2D eigenvalue weighted by molar-refractivity contribution is 5.37. The van der Waals surface area contributed by atoms with Gasteiger partial charge in [-0.25, -0.2) is 0 Å². The largest absolute Gasteiger partial charge is 0.384 e. The van der Waals surface area contributed by atoms with Crippen molar-refractivity contribution in [2.75, 3.05) is 0 Å². The van der Waals surface area contributed by atoms with Gasteiger partial charge in [0.05, 0.1) is 5.60 Å². The summed E-state index contributed by atoms with van der Waals surface area (Å²) in [5, 5.41) is 11.0. The van der Waals surface area contributed by atoms with Crippen LogP contribution in [0.3, 0.4) is 0 Å². The van der Waals surface area contributed by atoms with E-state index in [1.807, 2.05) is 36.4 Å². The molecule has 0 heterocycles. The Balaban J connectivity index is 2.46. The molecule has 17 heavy (non-hydrogen) atoms. The summed E-state index contributed by atoms with van der Waals surface area (Å²) in [5.74, 6) is 0.0219. The quantitative estimate of drug-likeness (QED) is 0.777. The molecular formula is C16H20O. The molecule has 0 spiro atoms. The smallest absolute Gasteiger partial charge is 0.0981 e. The van der Waals surface area contributed by atoms with Crippen LogP contribution < -0.4 is 0 Å². The molecule has 1 heteroatoms. The van der Waals surface area contributed by atoms with Crippen molar-refractivity contribution in [3.05, 3.63) is 60.2 Å². The van der Waals surface area contributed by atoms with Crippen LogP contribution in [0.25, 0.3) is 0 Å². The lowest BCUT2D eigenvalue weighted by atomic mass is 9.65. The second-order valence-corrected chi connectivity index (χ2v) is 5.71. The van der Waals surface area contributed by atoms with E-state index in [1.165, 1.54) is 0 Å². The minimum absolute atomic E-state index is 0.0219. The molecule has 0 radical (unpaired) electrons. The third kappa shape index (κ3) is 2.07. The molecule has 0 fully saturated rings. The summed E-state index contributed by atoms with van der Waals surface area (Å²) >= 11 is 0. The maximum Gasteiger partial charge on any atom is 0.0981 e. The van der Waals surface area contributed by atoms with E-state index in [0.717, 1.165) is 5.56 Å². The van der Waals surface area contributed by atoms with Crippen molar-refractivity contribution in [1.82, 2.24) is 0 Å². The maximum atomic E-state index is 11.0. The summed E-state index contributed by atoms with van der Waals surface area (Å²) in [4.78, 5) is 0. The fraction of sp³-hybridized carbons (Fsp3) is 0.375. The van der Waals surface area contributed by atoms with Crippen molar-refractivity contribution in [3.63, 3.8) is 0 Å². The molecule has 1 aliphatic rings. The van der Waals surface area contributed by atoms with Crippen LogP contribution in [-0.4, -0.2) is 10.7 Å². The SMILES string of the molecule is CC(C)(C)C1(O)C=CC=CC1c1ccccc1. The second-order valence-electron chi connectivity index (χ2n) is 5.71. The Kier molecular flexibility index (Phi) is 2.96. The predicted octanol–water partition coefficient (Wildman–Crippen LogP) is 3.67. The number of hydrogen-bond acceptors (Lipinski definition) is 1. The fourth-order valence-electron chi connectivity index (χ4n) is 2.37. The molecule has 2 unspecified atom stereocenters. The molecule has 1 aromatic rings. The first-order valence-electron chi connectivity index (χ1n) is 6.08. The van der Waals surface area contributed by atoms with E-state index in [2.05, 4.69) is 39.0 Å². The molecule has 0 saturated heterocycles. The number of rotatable bonds is 1. The topological polar surface area (TPSA) is 20.2 Å². The van der Waals surface area contributed by atoms with Crippen LogP contribution >= 0.6 is 0 Å². The Morgan fingerprint density at radius 2 is 1.71 bits per heavy atom. The van der Waals surface area contributed by atoms with Crippen LogP contribution in [0.15, 0.2) is 54.6 Å². The van der Waals surface area contributed by atoms with Crippen LogP contribution in [0.2, 0.25) is 0 Å². The van der Waals surface area contributed by atoms with Gasteiger partial charge in [0.2, 0.25) is 0 Å². The Hall–Kier alpha value is -1.34. The van der Waals surface area contributed by atoms with Gasteiger partial charge >= 0.3 is 0 Å². The van der Waals surface area contributed by atoms with Crippen LogP contribution in [-0.2, 0) is 0 Å². The van der Waals surface area contributed by atoms with E-state index in [0.29, 0.717) is 0 Å². The van der Waals surface area contributed by atoms with Crippen molar-refractivity contribution in [2.45, 2.75) is 32.3 Å². The zero-order valence-electron chi connectivity index (χ0n) is 10.7. The van der Waals surface area contributed by atoms with E-state index >= 15 is 0 Å². The average molecular weight is 228 g/mol. The van der Waals surface area contributed by atoms with E-state index in [9.17, 15) is 5.11 Å². The zero-order chi connectivity index (χ0) is 12.5. The summed E-state index contributed by atoms with van der Waals surface area (Å²) in [6, 6.07) is 10.2. The zero-order valence-corrected chi connectivity index (χ0v) is 10.7. The molecule has 0 aliphatic heterocycles. The highest BCUT2D eigenvalue weighted by Crippen LogP contribution is 2.45. The molecule has 0 amide bonds. The minimum Gasteiger partial charge on any atom is -0.384 e. The highest BCUT2D eigenvalue weighted by Gasteiger charge is 2.44. The molecule has 2 rings (SSSR count). The highest BCUT2D eigenvalue weighted by atomic mass is 16.3. The molecule has 0 saturated carbocycles. The molecule has 1 aliphatic carbocycles. The lowest BCUT2D eigenvalue weighted by Crippen LogP contribution is -2.46. The normalized spacial score (nSPS) is 28.4. The second kappa shape index (κ2) is 4.15. The van der Waals surface area contributed by atoms with Crippen molar-refractivity contribution in [1.29, 1.82) is 0 Å². The number of allylic oxidation sites excluding steroid dienone is 2. The van der Waals surface area contributed by atoms with Crippen molar-refractivity contribution >= 4 is 0 Å². The standard InChI is InChI=1S/C16H20O/c1-15(2,3)16(17)12-8-7-11-14(16)13-9-5-4-6-10-13/h4-12,14,17H,1-3H3. The molecule has 0 aromatic heterocycles. The van der Waals surface area contributed by atoms with Gasteiger partial charge in [0, 0.05) is 5.92 Å². The Labute approximate surface area is 103 Å². The van der Waals surface area contributed by atoms with Crippen LogP contribution in [0, 0.1) is 5.41 Å². The number of benzene rings is 1. The Morgan fingerprint density at radius 1 is 1.06 bits per heavy atom. The van der Waals surface area contributed by atoms with Gasteiger partial charge in [-0.2, -0.15) is 0 Å². The van der Waals surface area contributed by atoms with E-state index < -0.39 is 5.60 Å². The third-order valence-corrected chi connectivity index (χ3v) is 3.60. The lowest BCUT2D eigenvalue weighted by Gasteiger charge is -2.44. The van der Waals surface area contributed by atoms with Gasteiger partial charge in [0.25, 0.3) is 0 Å². The van der Waals surface area contributed by atoms with Gasteiger partial charge in [0.15, 0.2) is 0 Å². The molecule has 90 valence electrons. The van der Waals surface area contributed by atoms with E-state index in [-0.39, 0.29) is 11.3 Å². The van der Waals surface area contributed by atoms with Crippen LogP contribution in [0.4, 0.5) is 0 Å². The van der Waals surface area contributed by atoms with E-state index in [4.69, 9.17) is 0 Å². The average Bonchev–Trinajstić information content (AvgIpc) is 2.29. The summed E-state index contributed by atoms with van der Waals surface area (Å²) in [7, 11) is 0. The van der Waals surface area contributed by atoms with Crippen molar-refractivity contribution < 1.29 is 5.11 Å². The third-order valence-electron chi connectivity index (χ3n) is 3.60. The Bertz CT molecular complexity index is 436. The first kappa shape index (κ1) is 12.1. The number of aliphatic hydroxyl groups is 1. The number of hydrogen-bond donors (Lipinski definition) is 1. The molecule has 0 bridgehead atoms. The van der Waals surface area contributed by atoms with Gasteiger partial charge in [-0.05, 0) is 11.0 Å². The van der Waals surface area contributed by atoms with Gasteiger partial charge < -0.3 is 5.11 Å². The maximum absolute atomic E-state index is 11.0.